The van der Waals surface area contributed by atoms with Crippen LogP contribution in [-0.4, -0.2) is 34.8 Å². The number of amides is 1. The van der Waals surface area contributed by atoms with Gasteiger partial charge < -0.3 is 16.0 Å². The first-order chi connectivity index (χ1) is 15.1. The van der Waals surface area contributed by atoms with Crippen molar-refractivity contribution >= 4 is 23.4 Å². The first kappa shape index (κ1) is 20.1. The van der Waals surface area contributed by atoms with Crippen LogP contribution in [0, 0.1) is 11.3 Å². The number of nitrogens with zero attached hydrogens (tertiary/aromatic N) is 4. The van der Waals surface area contributed by atoms with Gasteiger partial charge in [-0.2, -0.15) is 10.3 Å². The Bertz CT molecular complexity index is 1140. The van der Waals surface area contributed by atoms with E-state index in [4.69, 9.17) is 11.0 Å². The summed E-state index contributed by atoms with van der Waals surface area (Å²) in [5.41, 5.74) is 9.79. The van der Waals surface area contributed by atoms with Crippen molar-refractivity contribution in [3.05, 3.63) is 78.0 Å². The number of carbonyl (C=O) groups is 1. The van der Waals surface area contributed by atoms with Crippen LogP contribution in [-0.2, 0) is 0 Å². The maximum Gasteiger partial charge on any atom is 0.253 e. The molecule has 0 unspecified atom stereocenters. The van der Waals surface area contributed by atoms with Crippen LogP contribution < -0.4 is 11.1 Å². The molecule has 1 aromatic heterocycles. The number of aliphatic imine (C=N–C) groups is 1. The zero-order valence-electron chi connectivity index (χ0n) is 17.0. The van der Waals surface area contributed by atoms with Gasteiger partial charge in [0.05, 0.1) is 11.6 Å². The third-order valence-corrected chi connectivity index (χ3v) is 5.14. The topological polar surface area (TPSA) is 107 Å². The van der Waals surface area contributed by atoms with E-state index >= 15 is 0 Å². The number of rotatable bonds is 4. The molecule has 1 aliphatic heterocycles. The third kappa shape index (κ3) is 4.70. The predicted octanol–water partition coefficient (Wildman–Crippen LogP) is 3.91. The number of nitrogens with two attached hydrogens (primary N) is 1. The van der Waals surface area contributed by atoms with Crippen LogP contribution in [0.4, 0.5) is 11.5 Å². The monoisotopic (exact) mass is 410 g/mol. The molecule has 3 aromatic rings. The molecule has 0 saturated carbocycles. The van der Waals surface area contributed by atoms with Gasteiger partial charge in [0.1, 0.15) is 0 Å². The van der Waals surface area contributed by atoms with E-state index in [1.807, 2.05) is 41.3 Å². The summed E-state index contributed by atoms with van der Waals surface area (Å²) >= 11 is 0. The maximum atomic E-state index is 12.5. The fraction of sp³-hybridized carbons (Fsp3) is 0.167. The SMILES string of the molecule is N#Cc1ccc(-c2cccnc2/N=C(\N)Nc2ccc(C(=O)N3CCCC3)cc2)cc1. The summed E-state index contributed by atoms with van der Waals surface area (Å²) in [6.07, 6.45) is 3.78. The maximum absolute atomic E-state index is 12.5. The molecule has 7 heteroatoms. The van der Waals surface area contributed by atoms with E-state index < -0.39 is 0 Å². The molecule has 0 aliphatic carbocycles. The summed E-state index contributed by atoms with van der Waals surface area (Å²) in [4.78, 5) is 23.1. The molecule has 1 saturated heterocycles. The summed E-state index contributed by atoms with van der Waals surface area (Å²) < 4.78 is 0. The molecule has 1 aliphatic rings. The largest absolute Gasteiger partial charge is 0.369 e. The summed E-state index contributed by atoms with van der Waals surface area (Å²) in [5, 5.41) is 12.0. The van der Waals surface area contributed by atoms with E-state index in [9.17, 15) is 4.79 Å². The zero-order valence-corrected chi connectivity index (χ0v) is 17.0. The van der Waals surface area contributed by atoms with Gasteiger partial charge in [-0.25, -0.2) is 4.98 Å². The van der Waals surface area contributed by atoms with Crippen molar-refractivity contribution in [2.24, 2.45) is 10.7 Å². The summed E-state index contributed by atoms with van der Waals surface area (Å²) in [7, 11) is 0. The molecule has 4 rings (SSSR count). The van der Waals surface area contributed by atoms with E-state index in [0.29, 0.717) is 16.9 Å². The Hall–Kier alpha value is -4.18. The normalized spacial score (nSPS) is 13.6. The number of benzene rings is 2. The van der Waals surface area contributed by atoms with Crippen LogP contribution in [0.2, 0.25) is 0 Å². The van der Waals surface area contributed by atoms with Crippen LogP contribution in [0.15, 0.2) is 71.9 Å². The Morgan fingerprint density at radius 2 is 1.77 bits per heavy atom. The highest BCUT2D eigenvalue weighted by Gasteiger charge is 2.19. The molecule has 1 amide bonds. The zero-order chi connectivity index (χ0) is 21.6. The van der Waals surface area contributed by atoms with Gasteiger partial charge in [-0.1, -0.05) is 12.1 Å². The van der Waals surface area contributed by atoms with Gasteiger partial charge in [-0.15, -0.1) is 0 Å². The van der Waals surface area contributed by atoms with Gasteiger partial charge in [0.2, 0.25) is 0 Å². The highest BCUT2D eigenvalue weighted by Crippen LogP contribution is 2.28. The lowest BCUT2D eigenvalue weighted by Crippen LogP contribution is -2.27. The van der Waals surface area contributed by atoms with Crippen molar-refractivity contribution in [2.75, 3.05) is 18.4 Å². The van der Waals surface area contributed by atoms with Gasteiger partial charge in [0.15, 0.2) is 11.8 Å². The molecule has 2 aromatic carbocycles. The molecule has 7 nitrogen and oxygen atoms in total. The van der Waals surface area contributed by atoms with E-state index in [2.05, 4.69) is 21.4 Å². The Morgan fingerprint density at radius 3 is 2.45 bits per heavy atom. The van der Waals surface area contributed by atoms with Crippen molar-refractivity contribution in [2.45, 2.75) is 12.8 Å². The van der Waals surface area contributed by atoms with Gasteiger partial charge in [0, 0.05) is 36.1 Å². The molecule has 3 N–H and O–H groups in total. The van der Waals surface area contributed by atoms with Crippen LogP contribution in [0.5, 0.6) is 0 Å². The number of nitrogens with one attached hydrogen (secondary N) is 1. The Balaban J connectivity index is 1.50. The number of hydrogen-bond acceptors (Lipinski definition) is 4. The van der Waals surface area contributed by atoms with Gasteiger partial charge >= 0.3 is 0 Å². The lowest BCUT2D eigenvalue weighted by Gasteiger charge is -2.15. The molecule has 0 spiro atoms. The molecule has 1 fully saturated rings. The number of aromatic nitrogens is 1. The highest BCUT2D eigenvalue weighted by molar-refractivity contribution is 5.97. The number of hydrogen-bond donors (Lipinski definition) is 2. The fourth-order valence-electron chi connectivity index (χ4n) is 3.52. The summed E-state index contributed by atoms with van der Waals surface area (Å²) in [5.74, 6) is 0.719. The minimum atomic E-state index is 0.0613. The first-order valence-corrected chi connectivity index (χ1v) is 10.1. The van der Waals surface area contributed by atoms with Crippen molar-refractivity contribution in [3.8, 4) is 17.2 Å². The summed E-state index contributed by atoms with van der Waals surface area (Å²) in [6, 6.07) is 20.3. The lowest BCUT2D eigenvalue weighted by molar-refractivity contribution is 0.0793. The molecule has 154 valence electrons. The van der Waals surface area contributed by atoms with E-state index in [1.165, 1.54) is 0 Å². The third-order valence-electron chi connectivity index (χ3n) is 5.14. The Labute approximate surface area is 180 Å². The second kappa shape index (κ2) is 9.09. The van der Waals surface area contributed by atoms with Crippen molar-refractivity contribution in [3.63, 3.8) is 0 Å². The molecular weight excluding hydrogens is 388 g/mol. The average Bonchev–Trinajstić information content (AvgIpc) is 3.35. The Morgan fingerprint density at radius 1 is 1.06 bits per heavy atom. The van der Waals surface area contributed by atoms with E-state index in [1.54, 1.807) is 30.5 Å². The van der Waals surface area contributed by atoms with Gasteiger partial charge in [-0.05, 0) is 66.9 Å². The number of likely N-dealkylation sites (tertiary alicyclic amines) is 1. The first-order valence-electron chi connectivity index (χ1n) is 10.1. The number of nitriles is 1. The molecule has 0 atom stereocenters. The number of anilines is 1. The number of pyridine rings is 1. The Kier molecular flexibility index (Phi) is 5.90. The van der Waals surface area contributed by atoms with Crippen LogP contribution in [0.3, 0.4) is 0 Å². The lowest BCUT2D eigenvalue weighted by atomic mass is 10.1. The van der Waals surface area contributed by atoms with Crippen molar-refractivity contribution in [1.29, 1.82) is 5.26 Å². The van der Waals surface area contributed by atoms with E-state index in [0.717, 1.165) is 42.7 Å². The average molecular weight is 410 g/mol. The minimum Gasteiger partial charge on any atom is -0.369 e. The fourth-order valence-corrected chi connectivity index (χ4v) is 3.52. The van der Waals surface area contributed by atoms with Crippen molar-refractivity contribution < 1.29 is 4.79 Å². The molecular formula is C24H22N6O. The second-order valence-electron chi connectivity index (χ2n) is 7.26. The molecule has 0 bridgehead atoms. The number of guanidine groups is 1. The van der Waals surface area contributed by atoms with Gasteiger partial charge in [-0.3, -0.25) is 4.79 Å². The van der Waals surface area contributed by atoms with Crippen LogP contribution >= 0.6 is 0 Å². The van der Waals surface area contributed by atoms with Crippen molar-refractivity contribution in [1.82, 2.24) is 9.88 Å². The van der Waals surface area contributed by atoms with Crippen LogP contribution in [0.1, 0.15) is 28.8 Å². The van der Waals surface area contributed by atoms with Gasteiger partial charge in [0.25, 0.3) is 5.91 Å². The second-order valence-corrected chi connectivity index (χ2v) is 7.26. The smallest absolute Gasteiger partial charge is 0.253 e. The molecule has 31 heavy (non-hydrogen) atoms. The number of carbonyl (C=O) groups excluding carboxylic acids is 1. The van der Waals surface area contributed by atoms with E-state index in [-0.39, 0.29) is 11.9 Å². The van der Waals surface area contributed by atoms with Crippen LogP contribution in [0.25, 0.3) is 11.1 Å². The standard InChI is InChI=1S/C24H22N6O/c25-16-17-5-7-18(8-6-17)21-4-3-13-27-22(21)29-24(26)28-20-11-9-19(10-12-20)23(31)30-14-1-2-15-30/h3-13H,1-2,14-15H2,(H3,26,27,28,29). The minimum absolute atomic E-state index is 0.0613. The predicted molar refractivity (Wildman–Crippen MR) is 121 cm³/mol. The highest BCUT2D eigenvalue weighted by atomic mass is 16.2. The molecule has 0 radical (unpaired) electrons. The quantitative estimate of drug-likeness (QED) is 0.501. The molecule has 2 heterocycles. The summed E-state index contributed by atoms with van der Waals surface area (Å²) in [6.45, 7) is 1.65.